The normalized spacial score (nSPS) is 10.8. The number of oxazole rings is 1. The molecular formula is C16H11Cl2NOS. The van der Waals surface area contributed by atoms with Gasteiger partial charge in [0.1, 0.15) is 0 Å². The van der Waals surface area contributed by atoms with Gasteiger partial charge in [-0.15, -0.1) is 11.8 Å². The van der Waals surface area contributed by atoms with Gasteiger partial charge in [-0.05, 0) is 36.4 Å². The van der Waals surface area contributed by atoms with Crippen molar-refractivity contribution in [3.8, 4) is 11.3 Å². The van der Waals surface area contributed by atoms with Crippen LogP contribution in [-0.4, -0.2) is 4.98 Å². The highest BCUT2D eigenvalue weighted by molar-refractivity contribution is 7.98. The largest absolute Gasteiger partial charge is 0.440 e. The van der Waals surface area contributed by atoms with Gasteiger partial charge in [0.25, 0.3) is 0 Å². The van der Waals surface area contributed by atoms with Crippen molar-refractivity contribution in [2.24, 2.45) is 0 Å². The molecule has 1 aromatic heterocycles. The Morgan fingerprint density at radius 2 is 1.76 bits per heavy atom. The van der Waals surface area contributed by atoms with Gasteiger partial charge in [0.15, 0.2) is 5.76 Å². The van der Waals surface area contributed by atoms with Crippen LogP contribution in [0, 0.1) is 0 Å². The molecule has 0 aliphatic carbocycles. The smallest absolute Gasteiger partial charge is 0.205 e. The number of rotatable bonds is 4. The fraction of sp³-hybridized carbons (Fsp3) is 0.0625. The number of aromatic nitrogens is 1. The number of thioether (sulfide) groups is 1. The summed E-state index contributed by atoms with van der Waals surface area (Å²) >= 11 is 13.6. The summed E-state index contributed by atoms with van der Waals surface area (Å²) < 4.78 is 5.75. The van der Waals surface area contributed by atoms with Crippen molar-refractivity contribution in [1.29, 1.82) is 0 Å². The maximum atomic E-state index is 6.12. The number of halogens is 2. The first-order valence-corrected chi connectivity index (χ1v) is 8.04. The van der Waals surface area contributed by atoms with Crippen LogP contribution in [0.4, 0.5) is 0 Å². The van der Waals surface area contributed by atoms with Crippen LogP contribution in [0.2, 0.25) is 10.0 Å². The third-order valence-electron chi connectivity index (χ3n) is 2.87. The van der Waals surface area contributed by atoms with Gasteiger partial charge < -0.3 is 4.42 Å². The maximum Gasteiger partial charge on any atom is 0.205 e. The third-order valence-corrected chi connectivity index (χ3v) is 4.62. The second kappa shape index (κ2) is 6.56. The molecule has 0 amide bonds. The lowest BCUT2D eigenvalue weighted by molar-refractivity contribution is 0.530. The minimum atomic E-state index is 0.636. The molecule has 1 heterocycles. The summed E-state index contributed by atoms with van der Waals surface area (Å²) in [6.45, 7) is 0. The van der Waals surface area contributed by atoms with E-state index in [-0.39, 0.29) is 0 Å². The van der Waals surface area contributed by atoms with Gasteiger partial charge in [-0.2, -0.15) is 0 Å². The van der Waals surface area contributed by atoms with E-state index in [0.29, 0.717) is 16.7 Å². The van der Waals surface area contributed by atoms with Crippen molar-refractivity contribution in [1.82, 2.24) is 4.98 Å². The van der Waals surface area contributed by atoms with Gasteiger partial charge in [-0.1, -0.05) is 35.3 Å². The molecule has 0 spiro atoms. The molecule has 0 radical (unpaired) electrons. The zero-order valence-corrected chi connectivity index (χ0v) is 13.3. The molecule has 0 aliphatic rings. The molecule has 0 unspecified atom stereocenters. The summed E-state index contributed by atoms with van der Waals surface area (Å²) in [6, 6.07) is 15.2. The van der Waals surface area contributed by atoms with E-state index in [2.05, 4.69) is 4.98 Å². The topological polar surface area (TPSA) is 26.0 Å². The lowest BCUT2D eigenvalue weighted by atomic mass is 10.2. The van der Waals surface area contributed by atoms with E-state index >= 15 is 0 Å². The predicted molar refractivity (Wildman–Crippen MR) is 88.0 cm³/mol. The Hall–Kier alpha value is -1.42. The van der Waals surface area contributed by atoms with E-state index in [1.165, 1.54) is 0 Å². The first-order valence-electron chi connectivity index (χ1n) is 6.30. The molecule has 2 aromatic carbocycles. The van der Waals surface area contributed by atoms with E-state index in [0.717, 1.165) is 21.2 Å². The first kappa shape index (κ1) is 14.5. The molecule has 2 nitrogen and oxygen atoms in total. The first-order chi connectivity index (χ1) is 10.2. The summed E-state index contributed by atoms with van der Waals surface area (Å²) in [5, 5.41) is 1.44. The Kier molecular flexibility index (Phi) is 4.54. The summed E-state index contributed by atoms with van der Waals surface area (Å²) in [5.41, 5.74) is 0.959. The van der Waals surface area contributed by atoms with Gasteiger partial charge in [-0.25, -0.2) is 4.98 Å². The molecule has 0 saturated heterocycles. The fourth-order valence-corrected chi connectivity index (χ4v) is 3.04. The molecule has 0 bridgehead atoms. The Bertz CT molecular complexity index is 740. The van der Waals surface area contributed by atoms with Gasteiger partial charge in [0.2, 0.25) is 5.89 Å². The lowest BCUT2D eigenvalue weighted by Crippen LogP contribution is -1.80. The van der Waals surface area contributed by atoms with Gasteiger partial charge in [-0.3, -0.25) is 0 Å². The molecule has 0 saturated carbocycles. The fourth-order valence-electron chi connectivity index (χ4n) is 1.83. The van der Waals surface area contributed by atoms with E-state index < -0.39 is 0 Å². The molecule has 0 aliphatic heterocycles. The summed E-state index contributed by atoms with van der Waals surface area (Å²) in [4.78, 5) is 5.32. The average Bonchev–Trinajstić information content (AvgIpc) is 2.96. The van der Waals surface area contributed by atoms with Crippen LogP contribution in [0.1, 0.15) is 5.89 Å². The van der Waals surface area contributed by atoms with Crippen molar-refractivity contribution >= 4 is 35.0 Å². The molecule has 0 atom stereocenters. The second-order valence-corrected chi connectivity index (χ2v) is 6.21. The molecule has 3 rings (SSSR count). The number of hydrogen-bond donors (Lipinski definition) is 0. The minimum Gasteiger partial charge on any atom is -0.440 e. The molecule has 0 N–H and O–H groups in total. The van der Waals surface area contributed by atoms with Crippen LogP contribution in [0.5, 0.6) is 0 Å². The second-order valence-electron chi connectivity index (χ2n) is 4.34. The van der Waals surface area contributed by atoms with Crippen molar-refractivity contribution in [3.63, 3.8) is 0 Å². The van der Waals surface area contributed by atoms with Crippen LogP contribution in [0.15, 0.2) is 64.0 Å². The van der Waals surface area contributed by atoms with Gasteiger partial charge in [0, 0.05) is 15.5 Å². The highest BCUT2D eigenvalue weighted by atomic mass is 35.5. The van der Waals surface area contributed by atoms with Crippen molar-refractivity contribution < 1.29 is 4.42 Å². The Morgan fingerprint density at radius 3 is 2.52 bits per heavy atom. The maximum absolute atomic E-state index is 6.12. The van der Waals surface area contributed by atoms with Crippen LogP contribution in [0.25, 0.3) is 11.3 Å². The zero-order valence-electron chi connectivity index (χ0n) is 10.9. The molecule has 5 heteroatoms. The Labute approximate surface area is 137 Å². The quantitative estimate of drug-likeness (QED) is 0.551. The Morgan fingerprint density at radius 1 is 1.00 bits per heavy atom. The van der Waals surface area contributed by atoms with Gasteiger partial charge >= 0.3 is 0 Å². The predicted octanol–water partition coefficient (Wildman–Crippen LogP) is 5.94. The zero-order chi connectivity index (χ0) is 14.7. The van der Waals surface area contributed by atoms with E-state index in [4.69, 9.17) is 27.6 Å². The highest BCUT2D eigenvalue weighted by Crippen LogP contribution is 2.30. The van der Waals surface area contributed by atoms with Crippen LogP contribution < -0.4 is 0 Å². The summed E-state index contributed by atoms with van der Waals surface area (Å²) in [7, 11) is 0. The molecular weight excluding hydrogens is 325 g/mol. The van der Waals surface area contributed by atoms with Crippen LogP contribution >= 0.6 is 35.0 Å². The van der Waals surface area contributed by atoms with Crippen molar-refractivity contribution in [2.45, 2.75) is 10.6 Å². The Balaban J connectivity index is 1.71. The minimum absolute atomic E-state index is 0.636. The average molecular weight is 336 g/mol. The van der Waals surface area contributed by atoms with Crippen LogP contribution in [0.3, 0.4) is 0 Å². The summed E-state index contributed by atoms with van der Waals surface area (Å²) in [5.74, 6) is 2.04. The van der Waals surface area contributed by atoms with E-state index in [9.17, 15) is 0 Å². The van der Waals surface area contributed by atoms with Crippen LogP contribution in [-0.2, 0) is 5.75 Å². The number of hydrogen-bond acceptors (Lipinski definition) is 3. The molecule has 0 fully saturated rings. The third kappa shape index (κ3) is 3.62. The molecule has 3 aromatic rings. The highest BCUT2D eigenvalue weighted by Gasteiger charge is 2.08. The van der Waals surface area contributed by atoms with Crippen molar-refractivity contribution in [3.05, 3.63) is 70.7 Å². The standard InChI is InChI=1S/C16H11Cl2NOS/c17-12-7-5-11(6-8-12)14-9-19-16(20-14)10-21-15-4-2-1-3-13(15)18/h1-9H,10H2. The SMILES string of the molecule is Clc1ccc(-c2cnc(CSc3ccccc3Cl)o2)cc1. The summed E-state index contributed by atoms with van der Waals surface area (Å²) in [6.07, 6.45) is 1.73. The molecule has 106 valence electrons. The molecule has 21 heavy (non-hydrogen) atoms. The number of benzene rings is 2. The van der Waals surface area contributed by atoms with Crippen molar-refractivity contribution in [2.75, 3.05) is 0 Å². The number of nitrogens with zero attached hydrogens (tertiary/aromatic N) is 1. The monoisotopic (exact) mass is 335 g/mol. The van der Waals surface area contributed by atoms with E-state index in [1.54, 1.807) is 18.0 Å². The lowest BCUT2D eigenvalue weighted by Gasteiger charge is -2.01. The van der Waals surface area contributed by atoms with Gasteiger partial charge in [0.05, 0.1) is 17.0 Å². The van der Waals surface area contributed by atoms with E-state index in [1.807, 2.05) is 48.5 Å².